The van der Waals surface area contributed by atoms with Gasteiger partial charge in [-0.25, -0.2) is 0 Å². The van der Waals surface area contributed by atoms with Crippen LogP contribution < -0.4 is 5.32 Å². The van der Waals surface area contributed by atoms with E-state index in [1.165, 1.54) is 5.56 Å². The molecule has 3 nitrogen and oxygen atoms in total. The highest BCUT2D eigenvalue weighted by Crippen LogP contribution is 2.10. The van der Waals surface area contributed by atoms with Gasteiger partial charge in [-0.1, -0.05) is 30.3 Å². The summed E-state index contributed by atoms with van der Waals surface area (Å²) in [4.78, 5) is 11.6. The van der Waals surface area contributed by atoms with E-state index in [-0.39, 0.29) is 12.0 Å². The Labute approximate surface area is 109 Å². The molecule has 18 heavy (non-hydrogen) atoms. The van der Waals surface area contributed by atoms with Crippen molar-refractivity contribution in [3.05, 3.63) is 35.9 Å². The summed E-state index contributed by atoms with van der Waals surface area (Å²) in [5.74, 6) is 0.140. The smallest absolute Gasteiger partial charge is 0.220 e. The highest BCUT2D eigenvalue weighted by molar-refractivity contribution is 5.75. The van der Waals surface area contributed by atoms with Crippen molar-refractivity contribution in [2.45, 2.75) is 38.2 Å². The fourth-order valence-corrected chi connectivity index (χ4v) is 2.22. The van der Waals surface area contributed by atoms with E-state index in [9.17, 15) is 4.79 Å². The van der Waals surface area contributed by atoms with E-state index in [1.54, 1.807) is 0 Å². The Morgan fingerprint density at radius 1 is 1.33 bits per heavy atom. The molecule has 0 bridgehead atoms. The zero-order valence-corrected chi connectivity index (χ0v) is 10.7. The minimum Gasteiger partial charge on any atom is -0.376 e. The number of carbonyl (C=O) groups is 1. The normalized spacial score (nSPS) is 18.8. The third-order valence-electron chi connectivity index (χ3n) is 3.26. The van der Waals surface area contributed by atoms with E-state index in [2.05, 4.69) is 17.4 Å². The van der Waals surface area contributed by atoms with Crippen molar-refractivity contribution in [1.29, 1.82) is 0 Å². The third kappa shape index (κ3) is 4.49. The number of hydrogen-bond donors (Lipinski definition) is 1. The molecule has 2 rings (SSSR count). The quantitative estimate of drug-likeness (QED) is 0.837. The second-order valence-corrected chi connectivity index (χ2v) is 4.78. The fraction of sp³-hybridized carbons (Fsp3) is 0.533. The number of ether oxygens (including phenoxy) is 1. The molecule has 1 N–H and O–H groups in total. The molecule has 0 saturated carbocycles. The van der Waals surface area contributed by atoms with Gasteiger partial charge in [0.1, 0.15) is 0 Å². The van der Waals surface area contributed by atoms with Gasteiger partial charge in [0.15, 0.2) is 0 Å². The Bertz CT molecular complexity index is 358. The summed E-state index contributed by atoms with van der Waals surface area (Å²) in [6.07, 6.45) is 4.90. The van der Waals surface area contributed by atoms with Crippen LogP contribution in [0.5, 0.6) is 0 Å². The fourth-order valence-electron chi connectivity index (χ4n) is 2.22. The van der Waals surface area contributed by atoms with Gasteiger partial charge < -0.3 is 10.1 Å². The van der Waals surface area contributed by atoms with Gasteiger partial charge in [-0.15, -0.1) is 0 Å². The van der Waals surface area contributed by atoms with Crippen molar-refractivity contribution in [1.82, 2.24) is 5.32 Å². The zero-order chi connectivity index (χ0) is 12.6. The lowest BCUT2D eigenvalue weighted by atomic mass is 10.1. The van der Waals surface area contributed by atoms with Crippen molar-refractivity contribution < 1.29 is 9.53 Å². The van der Waals surface area contributed by atoms with Crippen LogP contribution in [0.15, 0.2) is 30.3 Å². The van der Waals surface area contributed by atoms with Crippen LogP contribution in [0.25, 0.3) is 0 Å². The van der Waals surface area contributed by atoms with Crippen molar-refractivity contribution in [3.8, 4) is 0 Å². The molecule has 0 radical (unpaired) electrons. The molecule has 1 heterocycles. The molecule has 3 heteroatoms. The first-order valence-corrected chi connectivity index (χ1v) is 6.77. The minimum absolute atomic E-state index is 0.140. The molecular formula is C15H21NO2. The number of rotatable bonds is 6. The molecule has 1 amide bonds. The molecule has 1 atom stereocenters. The summed E-state index contributed by atoms with van der Waals surface area (Å²) in [5.41, 5.74) is 1.30. The average Bonchev–Trinajstić information content (AvgIpc) is 2.91. The Morgan fingerprint density at radius 2 is 2.17 bits per heavy atom. The van der Waals surface area contributed by atoms with Crippen LogP contribution >= 0.6 is 0 Å². The Kier molecular flexibility index (Phi) is 5.21. The van der Waals surface area contributed by atoms with Crippen LogP contribution in [0.3, 0.4) is 0 Å². The molecule has 0 spiro atoms. The van der Waals surface area contributed by atoms with E-state index in [4.69, 9.17) is 4.74 Å². The van der Waals surface area contributed by atoms with E-state index in [1.807, 2.05) is 18.2 Å². The summed E-state index contributed by atoms with van der Waals surface area (Å²) >= 11 is 0. The topological polar surface area (TPSA) is 38.3 Å². The van der Waals surface area contributed by atoms with Crippen LogP contribution in [0.2, 0.25) is 0 Å². The minimum atomic E-state index is 0.140. The number of aryl methyl sites for hydroxylation is 1. The first-order valence-electron chi connectivity index (χ1n) is 6.77. The lowest BCUT2D eigenvalue weighted by Gasteiger charge is -2.10. The van der Waals surface area contributed by atoms with Crippen LogP contribution in [0.1, 0.15) is 31.2 Å². The van der Waals surface area contributed by atoms with Gasteiger partial charge in [0.2, 0.25) is 5.91 Å². The maximum atomic E-state index is 11.6. The molecule has 1 aliphatic heterocycles. The summed E-state index contributed by atoms with van der Waals surface area (Å²) < 4.78 is 5.46. The molecular weight excluding hydrogens is 226 g/mol. The summed E-state index contributed by atoms with van der Waals surface area (Å²) in [6, 6.07) is 10.3. The molecule has 1 saturated heterocycles. The molecule has 98 valence electrons. The number of amides is 1. The highest BCUT2D eigenvalue weighted by atomic mass is 16.5. The Balaban J connectivity index is 1.57. The van der Waals surface area contributed by atoms with Gasteiger partial charge in [0.05, 0.1) is 6.10 Å². The summed E-state index contributed by atoms with van der Waals surface area (Å²) in [6.45, 7) is 1.51. The van der Waals surface area contributed by atoms with Crippen LogP contribution in [-0.4, -0.2) is 25.2 Å². The Hall–Kier alpha value is -1.35. The molecule has 1 aromatic rings. The van der Waals surface area contributed by atoms with Gasteiger partial charge in [-0.3, -0.25) is 4.79 Å². The second-order valence-electron chi connectivity index (χ2n) is 4.78. The highest BCUT2D eigenvalue weighted by Gasteiger charge is 2.15. The van der Waals surface area contributed by atoms with Gasteiger partial charge in [-0.2, -0.15) is 0 Å². The van der Waals surface area contributed by atoms with Crippen molar-refractivity contribution >= 4 is 5.91 Å². The predicted octanol–water partition coefficient (Wildman–Crippen LogP) is 2.30. The van der Waals surface area contributed by atoms with Crippen LogP contribution in [0, 0.1) is 0 Å². The summed E-state index contributed by atoms with van der Waals surface area (Å²) in [7, 11) is 0. The van der Waals surface area contributed by atoms with E-state index >= 15 is 0 Å². The molecule has 1 fully saturated rings. The van der Waals surface area contributed by atoms with Crippen molar-refractivity contribution in [2.24, 2.45) is 0 Å². The first-order chi connectivity index (χ1) is 8.84. The summed E-state index contributed by atoms with van der Waals surface area (Å²) in [5, 5.41) is 2.95. The third-order valence-corrected chi connectivity index (χ3v) is 3.26. The number of hydrogen-bond acceptors (Lipinski definition) is 2. The first kappa shape index (κ1) is 13.1. The van der Waals surface area contributed by atoms with Crippen molar-refractivity contribution in [3.63, 3.8) is 0 Å². The predicted molar refractivity (Wildman–Crippen MR) is 71.4 cm³/mol. The largest absolute Gasteiger partial charge is 0.376 e. The number of benzene rings is 1. The van der Waals surface area contributed by atoms with Crippen LogP contribution in [0.4, 0.5) is 0 Å². The zero-order valence-electron chi connectivity index (χ0n) is 10.7. The van der Waals surface area contributed by atoms with Crippen LogP contribution in [-0.2, 0) is 16.0 Å². The van der Waals surface area contributed by atoms with E-state index < -0.39 is 0 Å². The maximum Gasteiger partial charge on any atom is 0.220 e. The van der Waals surface area contributed by atoms with Gasteiger partial charge in [0, 0.05) is 19.6 Å². The molecule has 0 aromatic heterocycles. The van der Waals surface area contributed by atoms with E-state index in [0.29, 0.717) is 13.0 Å². The molecule has 0 aliphatic carbocycles. The standard InChI is InChI=1S/C15H21NO2/c17-15(16-12-14-9-5-11-18-14)10-4-8-13-6-2-1-3-7-13/h1-3,6-7,14H,4-5,8-12H2,(H,16,17). The SMILES string of the molecule is O=C(CCCc1ccccc1)NCC1CCCO1. The molecule has 1 aromatic carbocycles. The second kappa shape index (κ2) is 7.17. The average molecular weight is 247 g/mol. The van der Waals surface area contributed by atoms with Crippen molar-refractivity contribution in [2.75, 3.05) is 13.2 Å². The number of carbonyl (C=O) groups excluding carboxylic acids is 1. The van der Waals surface area contributed by atoms with Gasteiger partial charge in [0.25, 0.3) is 0 Å². The van der Waals surface area contributed by atoms with Gasteiger partial charge >= 0.3 is 0 Å². The molecule has 1 aliphatic rings. The maximum absolute atomic E-state index is 11.6. The van der Waals surface area contributed by atoms with E-state index in [0.717, 1.165) is 32.3 Å². The lowest BCUT2D eigenvalue weighted by Crippen LogP contribution is -2.31. The lowest BCUT2D eigenvalue weighted by molar-refractivity contribution is -0.121. The monoisotopic (exact) mass is 247 g/mol. The van der Waals surface area contributed by atoms with Gasteiger partial charge in [-0.05, 0) is 31.2 Å². The number of nitrogens with one attached hydrogen (secondary N) is 1. The molecule has 1 unspecified atom stereocenters. The Morgan fingerprint density at radius 3 is 2.89 bits per heavy atom.